The van der Waals surface area contributed by atoms with Crippen molar-refractivity contribution in [2.24, 2.45) is 0 Å². The second-order valence-corrected chi connectivity index (χ2v) is 10.00. The maximum Gasteiger partial charge on any atom is 0.573 e. The van der Waals surface area contributed by atoms with E-state index < -0.39 is 28.2 Å². The molecular weight excluding hydrogens is 490 g/mol. The smallest absolute Gasteiger partial charge is 0.406 e. The summed E-state index contributed by atoms with van der Waals surface area (Å²) in [6.45, 7) is 3.61. The van der Waals surface area contributed by atoms with Crippen LogP contribution in [0.5, 0.6) is 5.75 Å². The molecule has 6 nitrogen and oxygen atoms in total. The molecule has 0 spiro atoms. The summed E-state index contributed by atoms with van der Waals surface area (Å²) >= 11 is 12.1. The van der Waals surface area contributed by atoms with Crippen molar-refractivity contribution in [3.05, 3.63) is 58.1 Å². The standard InChI is InChI=1S/C20H22Cl2F3N3O3S/c1-27-8-10-28(11-9-27)13-19(14-2-7-17(21)18(22)12-14)26-32(29,30)16-5-3-15(4-6-16)31-20(23,24)25/h2-7,12,19,26H,8-11,13H2,1H3/t19-/m0/s1. The minimum absolute atomic E-state index is 0.185. The van der Waals surface area contributed by atoms with Crippen LogP contribution in [0.1, 0.15) is 11.6 Å². The third kappa shape index (κ3) is 6.97. The molecular formula is C20H22Cl2F3N3O3S. The molecule has 1 aliphatic heterocycles. The molecule has 176 valence electrons. The van der Waals surface area contributed by atoms with Crippen molar-refractivity contribution in [1.29, 1.82) is 0 Å². The predicted molar refractivity (Wildman–Crippen MR) is 117 cm³/mol. The fourth-order valence-corrected chi connectivity index (χ4v) is 4.83. The molecule has 0 amide bonds. The molecule has 1 heterocycles. The Morgan fingerprint density at radius 2 is 1.66 bits per heavy atom. The van der Waals surface area contributed by atoms with Crippen molar-refractivity contribution >= 4 is 33.2 Å². The first kappa shape index (κ1) is 25.1. The number of nitrogens with one attached hydrogen (secondary N) is 1. The molecule has 1 N–H and O–H groups in total. The monoisotopic (exact) mass is 511 g/mol. The largest absolute Gasteiger partial charge is 0.573 e. The Morgan fingerprint density at radius 3 is 2.22 bits per heavy atom. The zero-order valence-corrected chi connectivity index (χ0v) is 19.4. The first-order valence-electron chi connectivity index (χ1n) is 9.67. The molecule has 2 aromatic carbocycles. The molecule has 0 unspecified atom stereocenters. The molecule has 1 atom stereocenters. The molecule has 0 saturated carbocycles. The van der Waals surface area contributed by atoms with Crippen LogP contribution >= 0.6 is 23.2 Å². The highest BCUT2D eigenvalue weighted by molar-refractivity contribution is 7.89. The second-order valence-electron chi connectivity index (χ2n) is 7.47. The summed E-state index contributed by atoms with van der Waals surface area (Å²) in [4.78, 5) is 4.13. The van der Waals surface area contributed by atoms with Gasteiger partial charge in [0.25, 0.3) is 0 Å². The Balaban J connectivity index is 1.83. The highest BCUT2D eigenvalue weighted by Gasteiger charge is 2.31. The third-order valence-electron chi connectivity index (χ3n) is 5.05. The number of halogens is 5. The SMILES string of the molecule is CN1CCN(C[C@H](NS(=O)(=O)c2ccc(OC(F)(F)F)cc2)c2ccc(Cl)c(Cl)c2)CC1. The molecule has 1 aliphatic rings. The van der Waals surface area contributed by atoms with Gasteiger partial charge in [-0.2, -0.15) is 0 Å². The van der Waals surface area contributed by atoms with E-state index in [1.807, 2.05) is 7.05 Å². The van der Waals surface area contributed by atoms with E-state index in [0.717, 1.165) is 50.4 Å². The quantitative estimate of drug-likeness (QED) is 0.604. The summed E-state index contributed by atoms with van der Waals surface area (Å²) in [5.74, 6) is -0.505. The molecule has 12 heteroatoms. The Labute approximate surface area is 194 Å². The van der Waals surface area contributed by atoms with Crippen LogP contribution in [0, 0.1) is 0 Å². The lowest BCUT2D eigenvalue weighted by atomic mass is 10.1. The fraction of sp³-hybridized carbons (Fsp3) is 0.400. The number of hydrogen-bond donors (Lipinski definition) is 1. The minimum Gasteiger partial charge on any atom is -0.406 e. The van der Waals surface area contributed by atoms with Crippen molar-refractivity contribution in [2.45, 2.75) is 17.3 Å². The number of sulfonamides is 1. The lowest BCUT2D eigenvalue weighted by molar-refractivity contribution is -0.274. The van der Waals surface area contributed by atoms with Crippen LogP contribution in [-0.2, 0) is 10.0 Å². The summed E-state index contributed by atoms with van der Waals surface area (Å²) in [7, 11) is -2.04. The van der Waals surface area contributed by atoms with Gasteiger partial charge in [-0.15, -0.1) is 13.2 Å². The maximum absolute atomic E-state index is 13.0. The molecule has 0 aromatic heterocycles. The maximum atomic E-state index is 13.0. The second kappa shape index (κ2) is 10.1. The number of likely N-dealkylation sites (N-methyl/N-ethyl adjacent to an activating group) is 1. The summed E-state index contributed by atoms with van der Waals surface area (Å²) < 4.78 is 69.5. The average molecular weight is 512 g/mol. The van der Waals surface area contributed by atoms with E-state index in [2.05, 4.69) is 19.3 Å². The van der Waals surface area contributed by atoms with Crippen LogP contribution in [-0.4, -0.2) is 64.4 Å². The van der Waals surface area contributed by atoms with Crippen LogP contribution in [0.3, 0.4) is 0 Å². The summed E-state index contributed by atoms with van der Waals surface area (Å²) in [6, 6.07) is 8.27. The van der Waals surface area contributed by atoms with E-state index >= 15 is 0 Å². The van der Waals surface area contributed by atoms with Crippen molar-refractivity contribution in [2.75, 3.05) is 39.8 Å². The van der Waals surface area contributed by atoms with Crippen LogP contribution < -0.4 is 9.46 Å². The van der Waals surface area contributed by atoms with E-state index in [1.54, 1.807) is 18.2 Å². The fourth-order valence-electron chi connectivity index (χ4n) is 3.30. The first-order valence-corrected chi connectivity index (χ1v) is 11.9. The number of piperazine rings is 1. The van der Waals surface area contributed by atoms with Crippen LogP contribution in [0.15, 0.2) is 47.4 Å². The van der Waals surface area contributed by atoms with Crippen molar-refractivity contribution in [3.63, 3.8) is 0 Å². The van der Waals surface area contributed by atoms with Gasteiger partial charge in [-0.25, -0.2) is 13.1 Å². The minimum atomic E-state index is -4.86. The van der Waals surface area contributed by atoms with E-state index in [4.69, 9.17) is 23.2 Å². The third-order valence-corrected chi connectivity index (χ3v) is 7.27. The summed E-state index contributed by atoms with van der Waals surface area (Å²) in [5, 5.41) is 0.636. The van der Waals surface area contributed by atoms with Gasteiger partial charge in [-0.3, -0.25) is 4.90 Å². The number of rotatable bonds is 7. The summed E-state index contributed by atoms with van der Waals surface area (Å²) in [5.41, 5.74) is 0.624. The Morgan fingerprint density at radius 1 is 1.03 bits per heavy atom. The number of nitrogens with zero attached hydrogens (tertiary/aromatic N) is 2. The van der Waals surface area contributed by atoms with Gasteiger partial charge in [0.05, 0.1) is 21.0 Å². The average Bonchev–Trinajstić information content (AvgIpc) is 2.70. The predicted octanol–water partition coefficient (Wildman–Crippen LogP) is 4.16. The van der Waals surface area contributed by atoms with Gasteiger partial charge in [0.15, 0.2) is 0 Å². The van der Waals surface area contributed by atoms with Gasteiger partial charge in [0.1, 0.15) is 5.75 Å². The van der Waals surface area contributed by atoms with Crippen LogP contribution in [0.4, 0.5) is 13.2 Å². The molecule has 2 aromatic rings. The van der Waals surface area contributed by atoms with Gasteiger partial charge >= 0.3 is 6.36 Å². The molecule has 1 fully saturated rings. The highest BCUT2D eigenvalue weighted by Crippen LogP contribution is 2.28. The number of ether oxygens (including phenoxy) is 1. The van der Waals surface area contributed by atoms with Crippen LogP contribution in [0.2, 0.25) is 10.0 Å². The van der Waals surface area contributed by atoms with E-state index in [9.17, 15) is 21.6 Å². The van der Waals surface area contributed by atoms with Crippen molar-refractivity contribution in [3.8, 4) is 5.75 Å². The number of hydrogen-bond acceptors (Lipinski definition) is 5. The van der Waals surface area contributed by atoms with Gasteiger partial charge in [-0.1, -0.05) is 29.3 Å². The molecule has 1 saturated heterocycles. The van der Waals surface area contributed by atoms with Crippen molar-refractivity contribution < 1.29 is 26.3 Å². The van der Waals surface area contributed by atoms with Crippen LogP contribution in [0.25, 0.3) is 0 Å². The zero-order chi connectivity index (χ0) is 23.5. The first-order chi connectivity index (χ1) is 14.9. The molecule has 32 heavy (non-hydrogen) atoms. The Bertz CT molecular complexity index is 1030. The molecule has 0 radical (unpaired) electrons. The van der Waals surface area contributed by atoms with E-state index in [0.29, 0.717) is 22.2 Å². The van der Waals surface area contributed by atoms with Gasteiger partial charge in [0, 0.05) is 32.7 Å². The normalized spacial score (nSPS) is 17.3. The zero-order valence-electron chi connectivity index (χ0n) is 17.1. The highest BCUT2D eigenvalue weighted by atomic mass is 35.5. The van der Waals surface area contributed by atoms with E-state index in [-0.39, 0.29) is 4.90 Å². The molecule has 0 bridgehead atoms. The molecule has 0 aliphatic carbocycles. The number of benzene rings is 2. The van der Waals surface area contributed by atoms with Gasteiger partial charge in [-0.05, 0) is 49.0 Å². The van der Waals surface area contributed by atoms with Crippen molar-refractivity contribution in [1.82, 2.24) is 14.5 Å². The topological polar surface area (TPSA) is 61.9 Å². The lowest BCUT2D eigenvalue weighted by Crippen LogP contribution is -2.47. The van der Waals surface area contributed by atoms with E-state index in [1.165, 1.54) is 0 Å². The Hall–Kier alpha value is -1.56. The molecule has 3 rings (SSSR count). The van der Waals surface area contributed by atoms with Gasteiger partial charge in [0.2, 0.25) is 10.0 Å². The Kier molecular flexibility index (Phi) is 7.95. The summed E-state index contributed by atoms with van der Waals surface area (Å²) in [6.07, 6.45) is -4.86. The number of alkyl halides is 3. The van der Waals surface area contributed by atoms with Gasteiger partial charge < -0.3 is 9.64 Å². The lowest BCUT2D eigenvalue weighted by Gasteiger charge is -2.35.